The molecule has 0 aliphatic heterocycles. The lowest BCUT2D eigenvalue weighted by atomic mass is 9.87. The first-order valence-electron chi connectivity index (χ1n) is 11.7. The number of carbonyl (C=O) groups is 2. The van der Waals surface area contributed by atoms with Gasteiger partial charge in [-0.1, -0.05) is 43.3 Å². The first-order valence-corrected chi connectivity index (χ1v) is 12.8. The third-order valence-corrected chi connectivity index (χ3v) is 6.68. The zero-order chi connectivity index (χ0) is 26.1. The average Bonchev–Trinajstić information content (AvgIpc) is 2.88. The Hall–Kier alpha value is -2.76. The molecule has 7 nitrogen and oxygen atoms in total. The number of carbonyl (C=O) groups excluding carboxylic acids is 2. The van der Waals surface area contributed by atoms with Gasteiger partial charge >= 0.3 is 0 Å². The summed E-state index contributed by atoms with van der Waals surface area (Å²) in [6.45, 7) is 1.62. The van der Waals surface area contributed by atoms with Crippen molar-refractivity contribution >= 4 is 34.4 Å². The van der Waals surface area contributed by atoms with Crippen LogP contribution in [-0.4, -0.2) is 58.3 Å². The lowest BCUT2D eigenvalue weighted by Gasteiger charge is -2.40. The molecule has 0 saturated carbocycles. The third kappa shape index (κ3) is 7.14. The second-order valence-electron chi connectivity index (χ2n) is 8.31. The number of para-hydroxylation sites is 1. The van der Waals surface area contributed by atoms with Gasteiger partial charge in [-0.25, -0.2) is 4.39 Å². The number of nitrogens with one attached hydrogen (secondary N) is 1. The maximum atomic E-state index is 14.5. The number of halogens is 2. The van der Waals surface area contributed by atoms with Crippen molar-refractivity contribution in [2.45, 2.75) is 44.6 Å². The standard InChI is InChI=1S/C27H30FIN2O5/c1-2-3-12-25(33)31(17-18-8-4-5-9-20(18)28)22-15-19(27(35)30-13-14-32)16-24(26(22)34)36-23-11-7-6-10-21(23)29/h3-12,16,22,24,26,32,34H,2,13-15,17H2,1H3,(H,30,35)/t22-,24+,26+/m1/s1. The molecule has 3 atom stereocenters. The Morgan fingerprint density at radius 3 is 2.64 bits per heavy atom. The van der Waals surface area contributed by atoms with Crippen molar-refractivity contribution in [1.82, 2.24) is 10.2 Å². The molecule has 2 amide bonds. The van der Waals surface area contributed by atoms with E-state index in [1.54, 1.807) is 42.5 Å². The van der Waals surface area contributed by atoms with Crippen molar-refractivity contribution in [3.05, 3.63) is 87.3 Å². The first kappa shape index (κ1) is 27.8. The maximum absolute atomic E-state index is 14.5. The number of rotatable bonds is 10. The molecule has 1 aliphatic carbocycles. The van der Waals surface area contributed by atoms with E-state index in [9.17, 15) is 19.1 Å². The van der Waals surface area contributed by atoms with Gasteiger partial charge in [0.05, 0.1) is 16.2 Å². The van der Waals surface area contributed by atoms with Crippen molar-refractivity contribution < 1.29 is 28.9 Å². The molecule has 1 aliphatic rings. The minimum absolute atomic E-state index is 0.0321. The van der Waals surface area contributed by atoms with Crippen LogP contribution in [0.1, 0.15) is 25.3 Å². The van der Waals surface area contributed by atoms with Crippen LogP contribution in [0.2, 0.25) is 0 Å². The number of allylic oxidation sites excluding steroid dienone is 1. The number of hydrogen-bond acceptors (Lipinski definition) is 5. The van der Waals surface area contributed by atoms with Crippen molar-refractivity contribution in [2.75, 3.05) is 13.2 Å². The smallest absolute Gasteiger partial charge is 0.247 e. The van der Waals surface area contributed by atoms with Crippen LogP contribution >= 0.6 is 22.6 Å². The molecular weight excluding hydrogens is 578 g/mol. The molecule has 2 aromatic carbocycles. The molecule has 0 radical (unpaired) electrons. The SMILES string of the molecule is CCC=CC(=O)N(Cc1ccccc1F)[C@@H]1CC(C(=O)NCCO)=C[C@H](Oc2ccccc2I)[C@H]1O. The van der Waals surface area contributed by atoms with Crippen LogP contribution in [0, 0.1) is 9.39 Å². The molecule has 0 aromatic heterocycles. The maximum Gasteiger partial charge on any atom is 0.247 e. The highest BCUT2D eigenvalue weighted by atomic mass is 127. The van der Waals surface area contributed by atoms with Gasteiger partial charge in [-0.2, -0.15) is 0 Å². The van der Waals surface area contributed by atoms with Gasteiger partial charge < -0.3 is 25.2 Å². The summed E-state index contributed by atoms with van der Waals surface area (Å²) in [5.41, 5.74) is 0.597. The van der Waals surface area contributed by atoms with Gasteiger partial charge in [0, 0.05) is 30.6 Å². The van der Waals surface area contributed by atoms with E-state index >= 15 is 0 Å². The number of nitrogens with zero attached hydrogens (tertiary/aromatic N) is 1. The van der Waals surface area contributed by atoms with Crippen molar-refractivity contribution in [3.8, 4) is 5.75 Å². The molecule has 0 bridgehead atoms. The monoisotopic (exact) mass is 608 g/mol. The molecule has 192 valence electrons. The lowest BCUT2D eigenvalue weighted by Crippen LogP contribution is -2.54. The molecule has 0 heterocycles. The van der Waals surface area contributed by atoms with Crippen LogP contribution in [0.3, 0.4) is 0 Å². The van der Waals surface area contributed by atoms with Gasteiger partial charge in [0.2, 0.25) is 11.8 Å². The molecule has 0 saturated heterocycles. The molecule has 36 heavy (non-hydrogen) atoms. The second kappa shape index (κ2) is 13.5. The third-order valence-electron chi connectivity index (χ3n) is 5.79. The van der Waals surface area contributed by atoms with Crippen molar-refractivity contribution in [2.24, 2.45) is 0 Å². The Balaban J connectivity index is 2.00. The van der Waals surface area contributed by atoms with Gasteiger partial charge in [0.15, 0.2) is 0 Å². The Kier molecular flexibility index (Phi) is 10.4. The van der Waals surface area contributed by atoms with Crippen LogP contribution in [0.25, 0.3) is 0 Å². The zero-order valence-electron chi connectivity index (χ0n) is 19.9. The largest absolute Gasteiger partial charge is 0.482 e. The van der Waals surface area contributed by atoms with E-state index < -0.39 is 35.9 Å². The fourth-order valence-corrected chi connectivity index (χ4v) is 4.46. The molecule has 0 fully saturated rings. The highest BCUT2D eigenvalue weighted by Gasteiger charge is 2.40. The Bertz CT molecular complexity index is 1120. The average molecular weight is 608 g/mol. The summed E-state index contributed by atoms with van der Waals surface area (Å²) in [5.74, 6) is -0.788. The number of amides is 2. The van der Waals surface area contributed by atoms with Gasteiger partial charge in [-0.05, 0) is 59.4 Å². The molecule has 3 rings (SSSR count). The molecule has 0 unspecified atom stereocenters. The van der Waals surface area contributed by atoms with E-state index in [0.717, 1.165) is 3.57 Å². The zero-order valence-corrected chi connectivity index (χ0v) is 22.1. The van der Waals surface area contributed by atoms with E-state index in [4.69, 9.17) is 9.84 Å². The minimum atomic E-state index is -1.19. The van der Waals surface area contributed by atoms with Crippen LogP contribution in [0.5, 0.6) is 5.75 Å². The topological polar surface area (TPSA) is 99.1 Å². The fraction of sp³-hybridized carbons (Fsp3) is 0.333. The lowest BCUT2D eigenvalue weighted by molar-refractivity contribution is -0.134. The van der Waals surface area contributed by atoms with Crippen LogP contribution in [0.15, 0.2) is 72.3 Å². The highest BCUT2D eigenvalue weighted by molar-refractivity contribution is 14.1. The minimum Gasteiger partial charge on any atom is -0.482 e. The van der Waals surface area contributed by atoms with E-state index in [-0.39, 0.29) is 26.1 Å². The van der Waals surface area contributed by atoms with Crippen molar-refractivity contribution in [3.63, 3.8) is 0 Å². The summed E-state index contributed by atoms with van der Waals surface area (Å²) >= 11 is 2.11. The number of hydrogen-bond donors (Lipinski definition) is 3. The second-order valence-corrected chi connectivity index (χ2v) is 9.48. The Morgan fingerprint density at radius 2 is 1.94 bits per heavy atom. The molecule has 2 aromatic rings. The highest BCUT2D eigenvalue weighted by Crippen LogP contribution is 2.30. The fourth-order valence-electron chi connectivity index (χ4n) is 3.95. The van der Waals surface area contributed by atoms with E-state index in [1.807, 2.05) is 19.1 Å². The molecule has 3 N–H and O–H groups in total. The predicted molar refractivity (Wildman–Crippen MR) is 143 cm³/mol. The summed E-state index contributed by atoms with van der Waals surface area (Å²) in [6, 6.07) is 12.5. The van der Waals surface area contributed by atoms with E-state index in [2.05, 4.69) is 27.9 Å². The van der Waals surface area contributed by atoms with Crippen LogP contribution in [0.4, 0.5) is 4.39 Å². The van der Waals surface area contributed by atoms with E-state index in [1.165, 1.54) is 17.0 Å². The number of aliphatic hydroxyl groups excluding tert-OH is 2. The summed E-state index contributed by atoms with van der Waals surface area (Å²) in [7, 11) is 0. The summed E-state index contributed by atoms with van der Waals surface area (Å²) in [4.78, 5) is 27.5. The van der Waals surface area contributed by atoms with E-state index in [0.29, 0.717) is 23.3 Å². The Morgan fingerprint density at radius 1 is 1.22 bits per heavy atom. The molecular formula is C27H30FIN2O5. The van der Waals surface area contributed by atoms with Gasteiger partial charge in [0.1, 0.15) is 23.8 Å². The summed E-state index contributed by atoms with van der Waals surface area (Å²) < 4.78 is 21.5. The van der Waals surface area contributed by atoms with Gasteiger partial charge in [0.25, 0.3) is 0 Å². The molecule has 9 heteroatoms. The normalized spacial score (nSPS) is 19.6. The van der Waals surface area contributed by atoms with Crippen LogP contribution in [-0.2, 0) is 16.1 Å². The van der Waals surface area contributed by atoms with Gasteiger partial charge in [-0.15, -0.1) is 0 Å². The Labute approximate surface area is 223 Å². The van der Waals surface area contributed by atoms with Crippen LogP contribution < -0.4 is 10.1 Å². The number of benzene rings is 2. The quantitative estimate of drug-likeness (QED) is 0.284. The van der Waals surface area contributed by atoms with Crippen molar-refractivity contribution in [1.29, 1.82) is 0 Å². The first-order chi connectivity index (χ1) is 17.3. The summed E-state index contributed by atoms with van der Waals surface area (Å²) in [5, 5.41) is 23.1. The number of ether oxygens (including phenoxy) is 1. The summed E-state index contributed by atoms with van der Waals surface area (Å²) in [6.07, 6.45) is 3.15. The number of aliphatic hydroxyl groups is 2. The molecule has 0 spiro atoms. The van der Waals surface area contributed by atoms with Gasteiger partial charge in [-0.3, -0.25) is 9.59 Å². The predicted octanol–water partition coefficient (Wildman–Crippen LogP) is 3.34.